The number of aromatic nitrogens is 1. The van der Waals surface area contributed by atoms with E-state index in [0.29, 0.717) is 6.54 Å². The molecule has 0 saturated carbocycles. The Kier molecular flexibility index (Phi) is 5.99. The number of nitrogens with one attached hydrogen (secondary N) is 1. The number of pyridine rings is 1. The minimum absolute atomic E-state index is 0.0177. The maximum atomic E-state index is 12.1. The quantitative estimate of drug-likeness (QED) is 0.902. The molecule has 0 aromatic carbocycles. The van der Waals surface area contributed by atoms with E-state index in [0.717, 1.165) is 44.3 Å². The van der Waals surface area contributed by atoms with Crippen LogP contribution in [0.25, 0.3) is 0 Å². The number of piperazine rings is 1. The van der Waals surface area contributed by atoms with Crippen molar-refractivity contribution >= 4 is 6.03 Å². The van der Waals surface area contributed by atoms with Crippen LogP contribution in [0, 0.1) is 5.92 Å². The lowest BCUT2D eigenvalue weighted by Crippen LogP contribution is -2.51. The van der Waals surface area contributed by atoms with Gasteiger partial charge in [0.05, 0.1) is 12.2 Å². The summed E-state index contributed by atoms with van der Waals surface area (Å²) in [6.45, 7) is 9.71. The van der Waals surface area contributed by atoms with Crippen LogP contribution in [0.2, 0.25) is 0 Å². The van der Waals surface area contributed by atoms with Gasteiger partial charge in [-0.3, -0.25) is 9.88 Å². The Labute approximate surface area is 127 Å². The summed E-state index contributed by atoms with van der Waals surface area (Å²) >= 11 is 0. The normalized spacial score (nSPS) is 16.2. The molecule has 1 aromatic rings. The van der Waals surface area contributed by atoms with Crippen molar-refractivity contribution in [3.8, 4) is 0 Å². The monoisotopic (exact) mass is 290 g/mol. The molecule has 1 fully saturated rings. The van der Waals surface area contributed by atoms with E-state index in [1.165, 1.54) is 6.42 Å². The molecule has 1 saturated heterocycles. The lowest BCUT2D eigenvalue weighted by molar-refractivity contribution is 0.135. The van der Waals surface area contributed by atoms with Crippen LogP contribution in [-0.2, 0) is 6.54 Å². The summed E-state index contributed by atoms with van der Waals surface area (Å²) in [7, 11) is 0. The second-order valence-electron chi connectivity index (χ2n) is 5.99. The van der Waals surface area contributed by atoms with Crippen molar-refractivity contribution in [3.05, 3.63) is 30.1 Å². The molecular formula is C16H26N4O. The van der Waals surface area contributed by atoms with Gasteiger partial charge in [-0.05, 0) is 31.0 Å². The largest absolute Gasteiger partial charge is 0.332 e. The Balaban J connectivity index is 1.68. The Morgan fingerprint density at radius 1 is 1.29 bits per heavy atom. The molecule has 0 radical (unpaired) electrons. The van der Waals surface area contributed by atoms with Gasteiger partial charge in [0, 0.05) is 32.4 Å². The molecule has 0 unspecified atom stereocenters. The van der Waals surface area contributed by atoms with Gasteiger partial charge >= 0.3 is 6.03 Å². The van der Waals surface area contributed by atoms with Crippen molar-refractivity contribution in [2.75, 3.05) is 32.7 Å². The predicted octanol–water partition coefficient (Wildman–Crippen LogP) is 1.95. The molecule has 21 heavy (non-hydrogen) atoms. The van der Waals surface area contributed by atoms with E-state index in [1.807, 2.05) is 23.1 Å². The second kappa shape index (κ2) is 7.98. The molecule has 5 heteroatoms. The van der Waals surface area contributed by atoms with E-state index in [2.05, 4.69) is 29.0 Å². The van der Waals surface area contributed by atoms with Crippen LogP contribution in [0.15, 0.2) is 24.4 Å². The molecule has 2 heterocycles. The lowest BCUT2D eigenvalue weighted by atomic mass is 10.1. The number of amides is 2. The van der Waals surface area contributed by atoms with E-state index in [4.69, 9.17) is 0 Å². The molecule has 0 bridgehead atoms. The Morgan fingerprint density at radius 3 is 2.67 bits per heavy atom. The van der Waals surface area contributed by atoms with Crippen LogP contribution in [0.3, 0.4) is 0 Å². The zero-order valence-corrected chi connectivity index (χ0v) is 13.1. The van der Waals surface area contributed by atoms with Gasteiger partial charge in [0.15, 0.2) is 0 Å². The first-order valence-electron chi connectivity index (χ1n) is 7.80. The molecule has 1 aromatic heterocycles. The van der Waals surface area contributed by atoms with Crippen molar-refractivity contribution in [2.45, 2.75) is 26.8 Å². The van der Waals surface area contributed by atoms with Gasteiger partial charge in [0.1, 0.15) is 0 Å². The number of carbonyl (C=O) groups excluding carboxylic acids is 1. The number of hydrogen-bond acceptors (Lipinski definition) is 3. The first kappa shape index (κ1) is 15.8. The van der Waals surface area contributed by atoms with Crippen molar-refractivity contribution in [2.24, 2.45) is 5.92 Å². The first-order chi connectivity index (χ1) is 10.1. The second-order valence-corrected chi connectivity index (χ2v) is 5.99. The van der Waals surface area contributed by atoms with Crippen molar-refractivity contribution in [1.29, 1.82) is 0 Å². The van der Waals surface area contributed by atoms with Gasteiger partial charge < -0.3 is 10.2 Å². The molecule has 116 valence electrons. The van der Waals surface area contributed by atoms with Crippen LogP contribution < -0.4 is 5.32 Å². The zero-order valence-electron chi connectivity index (χ0n) is 13.1. The van der Waals surface area contributed by atoms with E-state index in [1.54, 1.807) is 6.20 Å². The third-order valence-electron chi connectivity index (χ3n) is 3.83. The average molecular weight is 290 g/mol. The average Bonchev–Trinajstić information content (AvgIpc) is 2.52. The molecule has 0 spiro atoms. The van der Waals surface area contributed by atoms with Crippen molar-refractivity contribution in [3.63, 3.8) is 0 Å². The molecule has 0 atom stereocenters. The summed E-state index contributed by atoms with van der Waals surface area (Å²) in [5.74, 6) is 0.740. The lowest BCUT2D eigenvalue weighted by Gasteiger charge is -2.35. The fraction of sp³-hybridized carbons (Fsp3) is 0.625. The van der Waals surface area contributed by atoms with Crippen LogP contribution in [0.5, 0.6) is 0 Å². The molecule has 1 N–H and O–H groups in total. The highest BCUT2D eigenvalue weighted by Crippen LogP contribution is 2.06. The Bertz CT molecular complexity index is 427. The number of urea groups is 1. The van der Waals surface area contributed by atoms with E-state index in [-0.39, 0.29) is 6.03 Å². The molecule has 5 nitrogen and oxygen atoms in total. The highest BCUT2D eigenvalue weighted by atomic mass is 16.2. The van der Waals surface area contributed by atoms with Gasteiger partial charge in [-0.2, -0.15) is 0 Å². The van der Waals surface area contributed by atoms with Gasteiger partial charge in [-0.25, -0.2) is 4.79 Å². The molecule has 2 amide bonds. The molecular weight excluding hydrogens is 264 g/mol. The van der Waals surface area contributed by atoms with E-state index < -0.39 is 0 Å². The third kappa shape index (κ3) is 5.34. The number of carbonyl (C=O) groups is 1. The van der Waals surface area contributed by atoms with Crippen LogP contribution in [0.4, 0.5) is 4.79 Å². The summed E-state index contributed by atoms with van der Waals surface area (Å²) < 4.78 is 0. The summed E-state index contributed by atoms with van der Waals surface area (Å²) in [4.78, 5) is 20.7. The fourth-order valence-corrected chi connectivity index (χ4v) is 2.40. The highest BCUT2D eigenvalue weighted by molar-refractivity contribution is 5.74. The smallest absolute Gasteiger partial charge is 0.317 e. The Morgan fingerprint density at radius 2 is 2.05 bits per heavy atom. The standard InChI is InChI=1S/C16H26N4O/c1-14(2)6-8-19-9-11-20(12-10-19)16(21)18-13-15-5-3-4-7-17-15/h3-5,7,14H,6,8-13H2,1-2H3,(H,18,21). The van der Waals surface area contributed by atoms with Gasteiger partial charge in [-0.15, -0.1) is 0 Å². The van der Waals surface area contributed by atoms with Crippen molar-refractivity contribution < 1.29 is 4.79 Å². The van der Waals surface area contributed by atoms with Crippen molar-refractivity contribution in [1.82, 2.24) is 20.1 Å². The molecule has 0 aliphatic carbocycles. The van der Waals surface area contributed by atoms with Gasteiger partial charge in [-0.1, -0.05) is 19.9 Å². The van der Waals surface area contributed by atoms with Crippen LogP contribution in [-0.4, -0.2) is 53.5 Å². The number of nitrogens with zero attached hydrogens (tertiary/aromatic N) is 3. The van der Waals surface area contributed by atoms with Gasteiger partial charge in [0.2, 0.25) is 0 Å². The topological polar surface area (TPSA) is 48.5 Å². The summed E-state index contributed by atoms with van der Waals surface area (Å²) in [5.41, 5.74) is 0.890. The summed E-state index contributed by atoms with van der Waals surface area (Å²) in [5, 5.41) is 2.94. The predicted molar refractivity (Wildman–Crippen MR) is 83.9 cm³/mol. The molecule has 1 aliphatic heterocycles. The minimum Gasteiger partial charge on any atom is -0.332 e. The zero-order chi connectivity index (χ0) is 15.1. The maximum absolute atomic E-state index is 12.1. The maximum Gasteiger partial charge on any atom is 0.317 e. The molecule has 2 rings (SSSR count). The fourth-order valence-electron chi connectivity index (χ4n) is 2.40. The van der Waals surface area contributed by atoms with Crippen LogP contribution >= 0.6 is 0 Å². The van der Waals surface area contributed by atoms with E-state index in [9.17, 15) is 4.79 Å². The third-order valence-corrected chi connectivity index (χ3v) is 3.83. The number of hydrogen-bond donors (Lipinski definition) is 1. The first-order valence-corrected chi connectivity index (χ1v) is 7.80. The van der Waals surface area contributed by atoms with Gasteiger partial charge in [0.25, 0.3) is 0 Å². The summed E-state index contributed by atoms with van der Waals surface area (Å²) in [6.07, 6.45) is 2.97. The SMILES string of the molecule is CC(C)CCN1CCN(C(=O)NCc2ccccn2)CC1. The summed E-state index contributed by atoms with van der Waals surface area (Å²) in [6, 6.07) is 5.75. The van der Waals surface area contributed by atoms with Crippen LogP contribution in [0.1, 0.15) is 26.0 Å². The van der Waals surface area contributed by atoms with E-state index >= 15 is 0 Å². The minimum atomic E-state index is 0.0177. The molecule has 1 aliphatic rings. The Hall–Kier alpha value is -1.62. The number of rotatable bonds is 5. The highest BCUT2D eigenvalue weighted by Gasteiger charge is 2.20.